The van der Waals surface area contributed by atoms with Crippen molar-refractivity contribution in [2.75, 3.05) is 7.11 Å². The molecule has 0 unspecified atom stereocenters. The van der Waals surface area contributed by atoms with E-state index in [9.17, 15) is 0 Å². The molecule has 0 saturated carbocycles. The lowest BCUT2D eigenvalue weighted by molar-refractivity contribution is 0.403. The first-order valence-electron chi connectivity index (χ1n) is 4.70. The van der Waals surface area contributed by atoms with E-state index in [1.54, 1.807) is 13.3 Å². The molecular formula is C12H9NO2. The van der Waals surface area contributed by atoms with Gasteiger partial charge >= 0.3 is 0 Å². The average Bonchev–Trinajstić information content (AvgIpc) is 2.67. The van der Waals surface area contributed by atoms with Crippen LogP contribution in [0, 0.1) is 0 Å². The number of ether oxygens (including phenoxy) is 1. The second kappa shape index (κ2) is 2.98. The highest BCUT2D eigenvalue weighted by molar-refractivity contribution is 6.07. The smallest absolute Gasteiger partial charge is 0.225 e. The minimum Gasteiger partial charge on any atom is -0.480 e. The minimum atomic E-state index is 0.609. The molecule has 3 nitrogen and oxygen atoms in total. The van der Waals surface area contributed by atoms with Crippen LogP contribution in [0.15, 0.2) is 40.9 Å². The number of methoxy groups -OCH3 is 1. The molecule has 3 rings (SSSR count). The molecule has 15 heavy (non-hydrogen) atoms. The Hall–Kier alpha value is -2.03. The number of hydrogen-bond donors (Lipinski definition) is 0. The summed E-state index contributed by atoms with van der Waals surface area (Å²) in [6, 6.07) is 9.71. The number of aromatic nitrogens is 1. The number of nitrogens with zero attached hydrogens (tertiary/aromatic N) is 1. The fraction of sp³-hybridized carbons (Fsp3) is 0.0833. The largest absolute Gasteiger partial charge is 0.480 e. The third-order valence-electron chi connectivity index (χ3n) is 2.45. The predicted molar refractivity (Wildman–Crippen MR) is 58.1 cm³/mol. The second-order valence-electron chi connectivity index (χ2n) is 3.29. The maximum Gasteiger partial charge on any atom is 0.225 e. The highest BCUT2D eigenvalue weighted by atomic mass is 16.5. The summed E-state index contributed by atoms with van der Waals surface area (Å²) in [6.45, 7) is 0. The van der Waals surface area contributed by atoms with E-state index in [-0.39, 0.29) is 0 Å². The molecule has 0 radical (unpaired) electrons. The fourth-order valence-electron chi connectivity index (χ4n) is 1.79. The summed E-state index contributed by atoms with van der Waals surface area (Å²) < 4.78 is 10.9. The Morgan fingerprint density at radius 1 is 1.13 bits per heavy atom. The third kappa shape index (κ3) is 1.09. The molecule has 3 aromatic rings. The quantitative estimate of drug-likeness (QED) is 0.604. The van der Waals surface area contributed by atoms with Crippen molar-refractivity contribution in [2.24, 2.45) is 0 Å². The van der Waals surface area contributed by atoms with E-state index in [1.165, 1.54) is 0 Å². The van der Waals surface area contributed by atoms with Crippen LogP contribution in [0.5, 0.6) is 5.88 Å². The molecule has 0 fully saturated rings. The summed E-state index contributed by atoms with van der Waals surface area (Å²) in [6.07, 6.45) is 1.68. The lowest BCUT2D eigenvalue weighted by Gasteiger charge is -1.98. The molecule has 0 N–H and O–H groups in total. The Bertz CT molecular complexity index is 628. The summed E-state index contributed by atoms with van der Waals surface area (Å²) in [5.74, 6) is 0.609. The molecule has 0 aliphatic heterocycles. The van der Waals surface area contributed by atoms with E-state index < -0.39 is 0 Å². The van der Waals surface area contributed by atoms with Gasteiger partial charge in [-0.05, 0) is 6.07 Å². The summed E-state index contributed by atoms with van der Waals surface area (Å²) >= 11 is 0. The standard InChI is InChI=1S/C12H9NO2/c1-14-12-11-8-4-2-3-5-9(8)15-10(11)6-7-13-12/h2-7H,1H3. The maximum atomic E-state index is 5.67. The molecule has 2 aromatic heterocycles. The molecule has 3 heteroatoms. The summed E-state index contributed by atoms with van der Waals surface area (Å²) in [7, 11) is 1.61. The topological polar surface area (TPSA) is 35.3 Å². The number of furan rings is 1. The van der Waals surface area contributed by atoms with Crippen LogP contribution in [0.1, 0.15) is 0 Å². The van der Waals surface area contributed by atoms with Crippen molar-refractivity contribution in [3.05, 3.63) is 36.5 Å². The molecule has 74 valence electrons. The van der Waals surface area contributed by atoms with Gasteiger partial charge in [-0.15, -0.1) is 0 Å². The Balaban J connectivity index is 2.56. The predicted octanol–water partition coefficient (Wildman–Crippen LogP) is 2.99. The number of pyridine rings is 1. The molecule has 0 spiro atoms. The first kappa shape index (κ1) is 8.29. The first-order valence-corrected chi connectivity index (χ1v) is 4.70. The van der Waals surface area contributed by atoms with E-state index >= 15 is 0 Å². The van der Waals surface area contributed by atoms with Crippen LogP contribution >= 0.6 is 0 Å². The Morgan fingerprint density at radius 3 is 2.87 bits per heavy atom. The highest BCUT2D eigenvalue weighted by Crippen LogP contribution is 2.33. The second-order valence-corrected chi connectivity index (χ2v) is 3.29. The summed E-state index contributed by atoms with van der Waals surface area (Å²) in [5.41, 5.74) is 1.67. The van der Waals surface area contributed by atoms with Crippen LogP contribution in [0.4, 0.5) is 0 Å². The van der Waals surface area contributed by atoms with E-state index in [4.69, 9.17) is 9.15 Å². The van der Waals surface area contributed by atoms with Gasteiger partial charge in [0.05, 0.1) is 12.5 Å². The van der Waals surface area contributed by atoms with Crippen LogP contribution < -0.4 is 4.74 Å². The summed E-state index contributed by atoms with van der Waals surface area (Å²) in [4.78, 5) is 4.17. The number of benzene rings is 1. The van der Waals surface area contributed by atoms with Gasteiger partial charge < -0.3 is 9.15 Å². The van der Waals surface area contributed by atoms with Gasteiger partial charge in [0.1, 0.15) is 11.2 Å². The van der Waals surface area contributed by atoms with Crippen molar-refractivity contribution >= 4 is 21.9 Å². The van der Waals surface area contributed by atoms with Gasteiger partial charge in [-0.3, -0.25) is 0 Å². The van der Waals surface area contributed by atoms with E-state index in [1.807, 2.05) is 30.3 Å². The normalized spacial score (nSPS) is 11.0. The number of fused-ring (bicyclic) bond motifs is 3. The van der Waals surface area contributed by atoms with E-state index in [0.717, 1.165) is 21.9 Å². The van der Waals surface area contributed by atoms with Crippen LogP contribution in [-0.4, -0.2) is 12.1 Å². The van der Waals surface area contributed by atoms with Gasteiger partial charge in [-0.2, -0.15) is 0 Å². The average molecular weight is 199 g/mol. The minimum absolute atomic E-state index is 0.609. The highest BCUT2D eigenvalue weighted by Gasteiger charge is 2.11. The molecule has 0 aliphatic carbocycles. The number of hydrogen-bond acceptors (Lipinski definition) is 3. The van der Waals surface area contributed by atoms with Gasteiger partial charge in [-0.25, -0.2) is 4.98 Å². The van der Waals surface area contributed by atoms with Gasteiger partial charge in [0.25, 0.3) is 0 Å². The zero-order valence-electron chi connectivity index (χ0n) is 8.23. The molecule has 0 aliphatic rings. The number of para-hydroxylation sites is 1. The van der Waals surface area contributed by atoms with Crippen LogP contribution in [-0.2, 0) is 0 Å². The van der Waals surface area contributed by atoms with Crippen molar-refractivity contribution in [1.29, 1.82) is 0 Å². The van der Waals surface area contributed by atoms with Crippen LogP contribution in [0.3, 0.4) is 0 Å². The zero-order valence-corrected chi connectivity index (χ0v) is 8.23. The van der Waals surface area contributed by atoms with Gasteiger partial charge in [0.15, 0.2) is 0 Å². The molecular weight excluding hydrogens is 190 g/mol. The Morgan fingerprint density at radius 2 is 2.00 bits per heavy atom. The van der Waals surface area contributed by atoms with Crippen molar-refractivity contribution in [3.8, 4) is 5.88 Å². The lowest BCUT2D eigenvalue weighted by Crippen LogP contribution is -1.86. The molecule has 2 heterocycles. The Labute approximate surface area is 86.3 Å². The van der Waals surface area contributed by atoms with Gasteiger partial charge in [0.2, 0.25) is 5.88 Å². The van der Waals surface area contributed by atoms with Gasteiger partial charge in [0, 0.05) is 17.6 Å². The van der Waals surface area contributed by atoms with Crippen LogP contribution in [0.2, 0.25) is 0 Å². The maximum absolute atomic E-state index is 5.67. The van der Waals surface area contributed by atoms with Crippen molar-refractivity contribution < 1.29 is 9.15 Å². The Kier molecular flexibility index (Phi) is 1.65. The van der Waals surface area contributed by atoms with Crippen molar-refractivity contribution in [3.63, 3.8) is 0 Å². The summed E-state index contributed by atoms with van der Waals surface area (Å²) in [5, 5.41) is 1.98. The molecule has 0 amide bonds. The van der Waals surface area contributed by atoms with Crippen molar-refractivity contribution in [2.45, 2.75) is 0 Å². The molecule has 0 atom stereocenters. The van der Waals surface area contributed by atoms with E-state index in [2.05, 4.69) is 4.98 Å². The van der Waals surface area contributed by atoms with Crippen molar-refractivity contribution in [1.82, 2.24) is 4.98 Å². The van der Waals surface area contributed by atoms with E-state index in [0.29, 0.717) is 5.88 Å². The lowest BCUT2D eigenvalue weighted by atomic mass is 10.2. The third-order valence-corrected chi connectivity index (χ3v) is 2.45. The fourth-order valence-corrected chi connectivity index (χ4v) is 1.79. The molecule has 1 aromatic carbocycles. The van der Waals surface area contributed by atoms with Crippen LogP contribution in [0.25, 0.3) is 21.9 Å². The molecule has 0 saturated heterocycles. The monoisotopic (exact) mass is 199 g/mol. The number of rotatable bonds is 1. The zero-order chi connectivity index (χ0) is 10.3. The van der Waals surface area contributed by atoms with Gasteiger partial charge in [-0.1, -0.05) is 18.2 Å². The SMILES string of the molecule is COc1nccc2oc3ccccc3c12. The molecule has 0 bridgehead atoms. The first-order chi connectivity index (χ1) is 7.40.